The van der Waals surface area contributed by atoms with E-state index in [4.69, 9.17) is 84.6 Å². The van der Waals surface area contributed by atoms with Crippen LogP contribution < -0.4 is 20.7 Å². The lowest BCUT2D eigenvalue weighted by Crippen LogP contribution is -2.23. The molecule has 0 saturated heterocycles. The summed E-state index contributed by atoms with van der Waals surface area (Å²) < 4.78 is 98.0. The second kappa shape index (κ2) is 39.3. The third-order valence-corrected chi connectivity index (χ3v) is 9.75. The molecular formula is C50H74O22. The van der Waals surface area contributed by atoms with Crippen LogP contribution in [-0.4, -0.2) is 208 Å². The molecule has 0 saturated carbocycles. The molecule has 2 N–H and O–H groups in total. The van der Waals surface area contributed by atoms with Gasteiger partial charge in [-0.1, -0.05) is 0 Å². The zero-order valence-electron chi connectivity index (χ0n) is 41.6. The van der Waals surface area contributed by atoms with Gasteiger partial charge in [0.15, 0.2) is 0 Å². The molecule has 22 heteroatoms. The Morgan fingerprint density at radius 1 is 0.347 bits per heavy atom. The largest absolute Gasteiger partial charge is 0.462 e. The van der Waals surface area contributed by atoms with Crippen LogP contribution in [0.1, 0.15) is 11.1 Å². The van der Waals surface area contributed by atoms with Crippen LogP contribution in [0.3, 0.4) is 0 Å². The van der Waals surface area contributed by atoms with Gasteiger partial charge in [-0.15, -0.1) is 0 Å². The number of rotatable bonds is 47. The first kappa shape index (κ1) is 60.4. The fraction of sp³-hybridized carbons (Fsp3) is 0.640. The summed E-state index contributed by atoms with van der Waals surface area (Å²) in [4.78, 5) is 23.2. The van der Waals surface area contributed by atoms with Crippen molar-refractivity contribution in [1.82, 2.24) is 0 Å². The molecule has 72 heavy (non-hydrogen) atoms. The van der Waals surface area contributed by atoms with Crippen LogP contribution in [0.25, 0.3) is 21.9 Å². The lowest BCUT2D eigenvalue weighted by atomic mass is 10.1. The predicted molar refractivity (Wildman–Crippen MR) is 259 cm³/mol. The van der Waals surface area contributed by atoms with E-state index in [1.54, 1.807) is 36.4 Å². The molecule has 0 amide bonds. The Kier molecular flexibility index (Phi) is 33.0. The van der Waals surface area contributed by atoms with E-state index in [1.165, 1.54) is 12.1 Å². The van der Waals surface area contributed by atoms with Crippen LogP contribution in [-0.2, 0) is 66.3 Å². The number of hydrogen-bond donors (Lipinski definition) is 2. The van der Waals surface area contributed by atoms with Crippen LogP contribution in [0, 0.1) is 13.8 Å². The normalized spacial score (nSPS) is 12.6. The third kappa shape index (κ3) is 28.3. The van der Waals surface area contributed by atoms with E-state index < -0.39 is 23.8 Å². The summed E-state index contributed by atoms with van der Waals surface area (Å²) in [6.45, 7) is 14.6. The predicted octanol–water partition coefficient (Wildman–Crippen LogP) is 2.84. The monoisotopic (exact) mass is 1030 g/mol. The minimum atomic E-state index is -1.19. The summed E-state index contributed by atoms with van der Waals surface area (Å²) in [5, 5.41) is 21.8. The highest BCUT2D eigenvalue weighted by Crippen LogP contribution is 2.24. The van der Waals surface area contributed by atoms with E-state index in [9.17, 15) is 19.8 Å². The van der Waals surface area contributed by atoms with Gasteiger partial charge in [0, 0.05) is 35.0 Å². The molecule has 0 fully saturated rings. The van der Waals surface area contributed by atoms with Crippen molar-refractivity contribution in [2.75, 3.05) is 185 Å². The molecule has 2 unspecified atom stereocenters. The van der Waals surface area contributed by atoms with Gasteiger partial charge in [0.1, 0.15) is 35.9 Å². The molecule has 0 aliphatic rings. The van der Waals surface area contributed by atoms with Crippen LogP contribution >= 0.6 is 0 Å². The number of aryl methyl sites for hydroxylation is 2. The van der Waals surface area contributed by atoms with Crippen LogP contribution in [0.4, 0.5) is 0 Å². The van der Waals surface area contributed by atoms with E-state index in [0.717, 1.165) is 21.9 Å². The summed E-state index contributed by atoms with van der Waals surface area (Å²) >= 11 is 0. The zero-order chi connectivity index (χ0) is 51.1. The lowest BCUT2D eigenvalue weighted by molar-refractivity contribution is -0.0861. The first-order chi connectivity index (χ1) is 35.3. The van der Waals surface area contributed by atoms with E-state index in [0.29, 0.717) is 181 Å². The highest BCUT2D eigenvalue weighted by Gasteiger charge is 2.11. The van der Waals surface area contributed by atoms with Gasteiger partial charge in [0.25, 0.3) is 0 Å². The number of aliphatic hydroxyl groups excluding tert-OH is 2. The molecule has 0 aliphatic carbocycles. The number of ether oxygens (including phenoxy) is 16. The smallest absolute Gasteiger partial charge is 0.336 e. The molecule has 22 nitrogen and oxygen atoms in total. The third-order valence-electron chi connectivity index (χ3n) is 9.75. The quantitative estimate of drug-likeness (QED) is 0.0367. The fourth-order valence-corrected chi connectivity index (χ4v) is 6.26. The van der Waals surface area contributed by atoms with Crippen molar-refractivity contribution in [1.29, 1.82) is 0 Å². The van der Waals surface area contributed by atoms with E-state index in [-0.39, 0.29) is 26.4 Å². The Labute approximate surface area is 419 Å². The van der Waals surface area contributed by atoms with Crippen molar-refractivity contribution in [2.45, 2.75) is 26.4 Å². The molecule has 0 radical (unpaired) electrons. The number of hydrogen-bond acceptors (Lipinski definition) is 22. The van der Waals surface area contributed by atoms with Gasteiger partial charge in [0.05, 0.1) is 172 Å². The van der Waals surface area contributed by atoms with Gasteiger partial charge in [-0.25, -0.2) is 9.59 Å². The molecule has 4 aromatic rings. The molecule has 0 bridgehead atoms. The maximum absolute atomic E-state index is 11.6. The average Bonchev–Trinajstić information content (AvgIpc) is 3.35. The van der Waals surface area contributed by atoms with Gasteiger partial charge in [-0.2, -0.15) is 0 Å². The average molecular weight is 1030 g/mol. The Morgan fingerprint density at radius 3 is 0.806 bits per heavy atom. The van der Waals surface area contributed by atoms with Crippen molar-refractivity contribution in [3.63, 3.8) is 0 Å². The first-order valence-electron chi connectivity index (χ1n) is 24.2. The van der Waals surface area contributed by atoms with E-state index in [2.05, 4.69) is 0 Å². The molecule has 0 aliphatic heterocycles. The van der Waals surface area contributed by atoms with Gasteiger partial charge in [-0.05, 0) is 49.2 Å². The molecule has 4 rings (SSSR count). The van der Waals surface area contributed by atoms with Crippen molar-refractivity contribution in [2.24, 2.45) is 0 Å². The Bertz CT molecular complexity index is 1950. The van der Waals surface area contributed by atoms with Crippen molar-refractivity contribution < 1.29 is 94.8 Å². The zero-order valence-corrected chi connectivity index (χ0v) is 41.6. The lowest BCUT2D eigenvalue weighted by Gasteiger charge is -2.14. The van der Waals surface area contributed by atoms with Gasteiger partial charge >= 0.3 is 11.3 Å². The molecular weight excluding hydrogens is 953 g/mol. The number of benzene rings is 2. The summed E-state index contributed by atoms with van der Waals surface area (Å²) in [7, 11) is 0. The van der Waals surface area contributed by atoms with Crippen LogP contribution in [0.15, 0.2) is 67.0 Å². The van der Waals surface area contributed by atoms with Crippen LogP contribution in [0.2, 0.25) is 0 Å². The maximum Gasteiger partial charge on any atom is 0.336 e. The molecule has 2 heterocycles. The highest BCUT2D eigenvalue weighted by atomic mass is 16.6. The topological polar surface area (TPSA) is 249 Å². The van der Waals surface area contributed by atoms with Crippen molar-refractivity contribution in [3.05, 3.63) is 80.5 Å². The standard InChI is InChI=1S/C50H74O22/c1-39-33-47(51)71-45-35-41(3-5-43(39)45)69-49(53)37-67-31-29-65-27-25-63-23-21-61-19-17-59-15-13-57-11-9-55-7-8-56-10-12-58-14-16-60-18-20-62-22-24-64-26-28-66-30-32-68-38-50(54)70-42-4-6-44-40(2)34-48(52)72-46(44)36-42/h3-6,33-36,49-50,53-54H,7-32,37-38H2,1-2H3. The summed E-state index contributed by atoms with van der Waals surface area (Å²) in [6.07, 6.45) is -2.38. The summed E-state index contributed by atoms with van der Waals surface area (Å²) in [6, 6.07) is 12.9. The highest BCUT2D eigenvalue weighted by molar-refractivity contribution is 5.82. The summed E-state index contributed by atoms with van der Waals surface area (Å²) in [5.41, 5.74) is 1.49. The molecule has 2 atom stereocenters. The molecule has 406 valence electrons. The minimum absolute atomic E-state index is 0.0521. The van der Waals surface area contributed by atoms with Crippen LogP contribution in [0.5, 0.6) is 11.5 Å². The number of aliphatic hydroxyl groups is 2. The molecule has 2 aromatic carbocycles. The number of fused-ring (bicyclic) bond motifs is 2. The van der Waals surface area contributed by atoms with Gasteiger partial charge < -0.3 is 94.8 Å². The molecule has 0 spiro atoms. The van der Waals surface area contributed by atoms with Crippen molar-refractivity contribution >= 4 is 21.9 Å². The Morgan fingerprint density at radius 2 is 0.569 bits per heavy atom. The van der Waals surface area contributed by atoms with E-state index >= 15 is 0 Å². The van der Waals surface area contributed by atoms with E-state index in [1.807, 2.05) is 13.8 Å². The second-order valence-corrected chi connectivity index (χ2v) is 15.5. The van der Waals surface area contributed by atoms with Crippen molar-refractivity contribution in [3.8, 4) is 11.5 Å². The Balaban J connectivity index is 0.751. The van der Waals surface area contributed by atoms with Gasteiger partial charge in [0.2, 0.25) is 12.6 Å². The fourth-order valence-electron chi connectivity index (χ4n) is 6.26. The molecule has 2 aromatic heterocycles. The maximum atomic E-state index is 11.6. The Hall–Kier alpha value is -4.18. The van der Waals surface area contributed by atoms with Gasteiger partial charge in [-0.3, -0.25) is 0 Å². The summed E-state index contributed by atoms with van der Waals surface area (Å²) in [5.74, 6) is 0.722. The minimum Gasteiger partial charge on any atom is -0.462 e. The SMILES string of the molecule is Cc1cc(=O)oc2cc(OC(O)COCCOCCOCCOCCOCCOCCOCCOCCOCCOCCOCCOCCOCCOCC(O)Oc3ccc4c(C)cc(=O)oc4c3)ccc12. The first-order valence-corrected chi connectivity index (χ1v) is 24.2. The second-order valence-electron chi connectivity index (χ2n) is 15.5.